The highest BCUT2D eigenvalue weighted by Crippen LogP contribution is 2.35. The van der Waals surface area contributed by atoms with Gasteiger partial charge in [-0.3, -0.25) is 14.7 Å². The number of thioether (sulfide) groups is 1. The number of amides is 1. The number of aryl methyl sites for hydroxylation is 1. The van der Waals surface area contributed by atoms with E-state index in [0.29, 0.717) is 25.6 Å². The molecule has 1 fully saturated rings. The van der Waals surface area contributed by atoms with Crippen molar-refractivity contribution in [3.63, 3.8) is 0 Å². The summed E-state index contributed by atoms with van der Waals surface area (Å²) >= 11 is 1.46. The van der Waals surface area contributed by atoms with E-state index in [2.05, 4.69) is 37.9 Å². The van der Waals surface area contributed by atoms with Crippen molar-refractivity contribution in [2.75, 3.05) is 19.7 Å². The zero-order chi connectivity index (χ0) is 18.6. The Bertz CT molecular complexity index is 708. The molecule has 0 spiro atoms. The van der Waals surface area contributed by atoms with Gasteiger partial charge in [-0.15, -0.1) is 0 Å². The van der Waals surface area contributed by atoms with Crippen LogP contribution >= 0.6 is 11.8 Å². The number of ether oxygens (including phenoxy) is 1. The molecule has 136 valence electrons. The van der Waals surface area contributed by atoms with Crippen LogP contribution in [0.4, 0.5) is 0 Å². The number of hydrogen-bond donors (Lipinski definition) is 0. The standard InChI is InChI=1S/C20H28N2O2S/c1-7-21-20-22(8-2)19(23)18(25-20)12-15-11-16(13(4)5)17(24-9-3)10-14(15)6/h10-13H,7-9H2,1-6H3/b18-12+,21-20?. The number of likely N-dealkylation sites (N-methyl/N-ethyl adjacent to an activating group) is 1. The third kappa shape index (κ3) is 4.27. The van der Waals surface area contributed by atoms with Crippen LogP contribution < -0.4 is 4.74 Å². The van der Waals surface area contributed by atoms with E-state index in [-0.39, 0.29) is 5.91 Å². The predicted molar refractivity (Wildman–Crippen MR) is 107 cm³/mol. The van der Waals surface area contributed by atoms with E-state index in [4.69, 9.17) is 4.74 Å². The van der Waals surface area contributed by atoms with Crippen molar-refractivity contribution in [1.29, 1.82) is 0 Å². The average molecular weight is 361 g/mol. The minimum atomic E-state index is 0.0408. The molecule has 0 unspecified atom stereocenters. The Morgan fingerprint density at radius 3 is 2.56 bits per heavy atom. The van der Waals surface area contributed by atoms with Crippen LogP contribution in [0.1, 0.15) is 57.2 Å². The van der Waals surface area contributed by atoms with Gasteiger partial charge in [-0.05, 0) is 80.3 Å². The largest absolute Gasteiger partial charge is 0.494 e. The molecule has 1 amide bonds. The van der Waals surface area contributed by atoms with Gasteiger partial charge in [-0.2, -0.15) is 0 Å². The SMILES string of the molecule is CCN=C1S/C(=C/c2cc(C(C)C)c(OCC)cc2C)C(=O)N1CC. The zero-order valence-corrected chi connectivity index (χ0v) is 16.9. The van der Waals surface area contributed by atoms with Gasteiger partial charge in [0.25, 0.3) is 5.91 Å². The summed E-state index contributed by atoms with van der Waals surface area (Å²) in [6, 6.07) is 4.23. The summed E-state index contributed by atoms with van der Waals surface area (Å²) in [6.07, 6.45) is 1.99. The maximum absolute atomic E-state index is 12.7. The molecule has 1 aliphatic heterocycles. The van der Waals surface area contributed by atoms with Crippen LogP contribution in [0.15, 0.2) is 22.0 Å². The molecular weight excluding hydrogens is 332 g/mol. The fourth-order valence-electron chi connectivity index (χ4n) is 2.78. The van der Waals surface area contributed by atoms with Crippen LogP contribution in [0.2, 0.25) is 0 Å². The lowest BCUT2D eigenvalue weighted by Crippen LogP contribution is -2.28. The van der Waals surface area contributed by atoms with Crippen LogP contribution in [0.5, 0.6) is 5.75 Å². The van der Waals surface area contributed by atoms with E-state index < -0.39 is 0 Å². The first-order valence-electron chi connectivity index (χ1n) is 8.96. The predicted octanol–water partition coefficient (Wildman–Crippen LogP) is 4.83. The summed E-state index contributed by atoms with van der Waals surface area (Å²) in [5.74, 6) is 1.33. The molecule has 0 radical (unpaired) electrons. The summed E-state index contributed by atoms with van der Waals surface area (Å²) in [4.78, 5) is 19.6. The highest BCUT2D eigenvalue weighted by Gasteiger charge is 2.32. The van der Waals surface area contributed by atoms with Gasteiger partial charge in [-0.1, -0.05) is 13.8 Å². The van der Waals surface area contributed by atoms with Crippen LogP contribution in [0.3, 0.4) is 0 Å². The van der Waals surface area contributed by atoms with Gasteiger partial charge in [-0.25, -0.2) is 0 Å². The molecule has 0 aromatic heterocycles. The second-order valence-electron chi connectivity index (χ2n) is 6.25. The maximum Gasteiger partial charge on any atom is 0.266 e. The molecular formula is C20H28N2O2S. The van der Waals surface area contributed by atoms with Gasteiger partial charge >= 0.3 is 0 Å². The number of amidine groups is 1. The zero-order valence-electron chi connectivity index (χ0n) is 16.0. The Labute approximate surface area is 155 Å². The van der Waals surface area contributed by atoms with Crippen molar-refractivity contribution in [3.8, 4) is 5.75 Å². The molecule has 25 heavy (non-hydrogen) atoms. The van der Waals surface area contributed by atoms with Crippen molar-refractivity contribution in [1.82, 2.24) is 4.90 Å². The molecule has 1 saturated heterocycles. The first-order valence-corrected chi connectivity index (χ1v) is 9.77. The number of benzene rings is 1. The molecule has 1 aromatic rings. The van der Waals surface area contributed by atoms with Gasteiger partial charge < -0.3 is 4.74 Å². The van der Waals surface area contributed by atoms with Crippen molar-refractivity contribution in [2.24, 2.45) is 4.99 Å². The Kier molecular flexibility index (Phi) is 6.71. The molecule has 0 aliphatic carbocycles. The Hall–Kier alpha value is -1.75. The Morgan fingerprint density at radius 1 is 1.28 bits per heavy atom. The highest BCUT2D eigenvalue weighted by molar-refractivity contribution is 8.18. The first-order chi connectivity index (χ1) is 11.9. The normalized spacial score (nSPS) is 18.0. The van der Waals surface area contributed by atoms with Crippen molar-refractivity contribution in [3.05, 3.63) is 33.7 Å². The quantitative estimate of drug-likeness (QED) is 0.682. The van der Waals surface area contributed by atoms with E-state index in [9.17, 15) is 4.79 Å². The lowest BCUT2D eigenvalue weighted by molar-refractivity contribution is -0.122. The Morgan fingerprint density at radius 2 is 2.00 bits per heavy atom. The lowest BCUT2D eigenvalue weighted by Gasteiger charge is -2.16. The number of carbonyl (C=O) groups is 1. The molecule has 0 atom stereocenters. The van der Waals surface area contributed by atoms with Gasteiger partial charge in [0.1, 0.15) is 5.75 Å². The van der Waals surface area contributed by atoms with Crippen LogP contribution in [0, 0.1) is 6.92 Å². The molecule has 1 heterocycles. The second kappa shape index (κ2) is 8.56. The smallest absolute Gasteiger partial charge is 0.266 e. The molecule has 5 heteroatoms. The van der Waals surface area contributed by atoms with E-state index in [0.717, 1.165) is 26.9 Å². The average Bonchev–Trinajstić information content (AvgIpc) is 2.85. The van der Waals surface area contributed by atoms with E-state index in [1.807, 2.05) is 26.8 Å². The number of rotatable bonds is 6. The van der Waals surface area contributed by atoms with Crippen molar-refractivity contribution >= 4 is 28.9 Å². The minimum absolute atomic E-state index is 0.0408. The summed E-state index contributed by atoms with van der Waals surface area (Å²) in [7, 11) is 0. The monoisotopic (exact) mass is 360 g/mol. The van der Waals surface area contributed by atoms with Crippen LogP contribution in [0.25, 0.3) is 6.08 Å². The number of carbonyl (C=O) groups excluding carboxylic acids is 1. The van der Waals surface area contributed by atoms with Crippen LogP contribution in [-0.4, -0.2) is 35.7 Å². The van der Waals surface area contributed by atoms with Crippen molar-refractivity contribution < 1.29 is 9.53 Å². The third-order valence-electron chi connectivity index (χ3n) is 4.10. The summed E-state index contributed by atoms with van der Waals surface area (Å²) in [5, 5.41) is 0.800. The summed E-state index contributed by atoms with van der Waals surface area (Å²) in [5.41, 5.74) is 3.35. The molecule has 0 bridgehead atoms. The van der Waals surface area contributed by atoms with Crippen LogP contribution in [-0.2, 0) is 4.79 Å². The van der Waals surface area contributed by atoms with Gasteiger partial charge in [0.2, 0.25) is 0 Å². The first kappa shape index (κ1) is 19.6. The molecule has 2 rings (SSSR count). The molecule has 0 saturated carbocycles. The lowest BCUT2D eigenvalue weighted by atomic mass is 9.96. The fourth-order valence-corrected chi connectivity index (χ4v) is 3.88. The topological polar surface area (TPSA) is 41.9 Å². The third-order valence-corrected chi connectivity index (χ3v) is 5.15. The van der Waals surface area contributed by atoms with E-state index in [1.165, 1.54) is 17.3 Å². The van der Waals surface area contributed by atoms with Gasteiger partial charge in [0.15, 0.2) is 5.17 Å². The van der Waals surface area contributed by atoms with Crippen molar-refractivity contribution in [2.45, 2.75) is 47.5 Å². The molecule has 1 aromatic carbocycles. The fraction of sp³-hybridized carbons (Fsp3) is 0.500. The molecule has 4 nitrogen and oxygen atoms in total. The van der Waals surface area contributed by atoms with E-state index >= 15 is 0 Å². The summed E-state index contributed by atoms with van der Waals surface area (Å²) < 4.78 is 5.79. The van der Waals surface area contributed by atoms with Gasteiger partial charge in [0.05, 0.1) is 11.5 Å². The molecule has 1 aliphatic rings. The minimum Gasteiger partial charge on any atom is -0.494 e. The van der Waals surface area contributed by atoms with Gasteiger partial charge in [0, 0.05) is 13.1 Å². The highest BCUT2D eigenvalue weighted by atomic mass is 32.2. The van der Waals surface area contributed by atoms with E-state index in [1.54, 1.807) is 4.90 Å². The summed E-state index contributed by atoms with van der Waals surface area (Å²) in [6.45, 7) is 14.3. The molecule has 0 N–H and O–H groups in total. The maximum atomic E-state index is 12.7. The number of hydrogen-bond acceptors (Lipinski definition) is 4. The second-order valence-corrected chi connectivity index (χ2v) is 7.26. The number of nitrogens with zero attached hydrogens (tertiary/aromatic N) is 2. The number of aliphatic imine (C=N–C) groups is 1. The Balaban J connectivity index is 2.45.